The van der Waals surface area contributed by atoms with E-state index in [2.05, 4.69) is 26.1 Å². The summed E-state index contributed by atoms with van der Waals surface area (Å²) in [6.07, 6.45) is 7.51. The van der Waals surface area contributed by atoms with Gasteiger partial charge >= 0.3 is 6.03 Å². The Morgan fingerprint density at radius 3 is 2.55 bits per heavy atom. The lowest BCUT2D eigenvalue weighted by Gasteiger charge is -2.39. The number of hydrogen-bond donors (Lipinski definition) is 1. The first-order valence-electron chi connectivity index (χ1n) is 8.03. The van der Waals surface area contributed by atoms with E-state index in [0.717, 1.165) is 15.9 Å². The maximum Gasteiger partial charge on any atom is 0.322 e. The Bertz CT molecular complexity index is 599. The van der Waals surface area contributed by atoms with Gasteiger partial charge in [-0.3, -0.25) is 0 Å². The van der Waals surface area contributed by atoms with Crippen LogP contribution in [0.15, 0.2) is 22.7 Å². The number of nitrogens with zero attached hydrogens (tertiary/aromatic N) is 1. The van der Waals surface area contributed by atoms with Crippen LogP contribution < -0.4 is 10.1 Å². The van der Waals surface area contributed by atoms with E-state index in [9.17, 15) is 4.79 Å². The van der Waals surface area contributed by atoms with Crippen LogP contribution >= 0.6 is 15.9 Å². The molecule has 2 atom stereocenters. The monoisotopic (exact) mass is 364 g/mol. The van der Waals surface area contributed by atoms with Gasteiger partial charge in [0.1, 0.15) is 5.75 Å². The van der Waals surface area contributed by atoms with Gasteiger partial charge in [0.05, 0.1) is 12.8 Å². The van der Waals surface area contributed by atoms with Crippen LogP contribution in [0.4, 0.5) is 10.5 Å². The highest BCUT2D eigenvalue weighted by molar-refractivity contribution is 9.10. The number of methoxy groups -OCH3 is 1. The number of carbonyl (C=O) groups excluding carboxylic acids is 1. The topological polar surface area (TPSA) is 41.6 Å². The molecule has 0 aromatic heterocycles. The first-order chi connectivity index (χ1) is 10.6. The second-order valence-electron chi connectivity index (χ2n) is 6.98. The van der Waals surface area contributed by atoms with Gasteiger partial charge in [-0.05, 0) is 78.1 Å². The molecule has 5 heteroatoms. The number of urea groups is 1. The summed E-state index contributed by atoms with van der Waals surface area (Å²) in [5.41, 5.74) is 1.40. The Balaban J connectivity index is 1.49. The summed E-state index contributed by atoms with van der Waals surface area (Å²) in [6, 6.07) is 6.56. The molecule has 1 aromatic carbocycles. The van der Waals surface area contributed by atoms with Crippen molar-refractivity contribution >= 4 is 27.6 Å². The minimum absolute atomic E-state index is 0.0499. The zero-order valence-corrected chi connectivity index (χ0v) is 14.4. The van der Waals surface area contributed by atoms with Crippen molar-refractivity contribution < 1.29 is 9.53 Å². The lowest BCUT2D eigenvalue weighted by atomic mass is 9.88. The highest BCUT2D eigenvalue weighted by Gasteiger charge is 2.55. The second-order valence-corrected chi connectivity index (χ2v) is 7.83. The van der Waals surface area contributed by atoms with Crippen LogP contribution in [-0.2, 0) is 0 Å². The molecule has 4 rings (SSSR count). The Labute approximate surface area is 139 Å². The molecule has 1 spiro atoms. The predicted molar refractivity (Wildman–Crippen MR) is 89.3 cm³/mol. The van der Waals surface area contributed by atoms with E-state index >= 15 is 0 Å². The molecule has 1 aliphatic carbocycles. The molecule has 2 aliphatic heterocycles. The highest BCUT2D eigenvalue weighted by atomic mass is 79.9. The van der Waals surface area contributed by atoms with Gasteiger partial charge in [0, 0.05) is 16.6 Å². The van der Waals surface area contributed by atoms with Gasteiger partial charge in [-0.1, -0.05) is 0 Å². The summed E-state index contributed by atoms with van der Waals surface area (Å²) in [5, 5.41) is 3.06. The van der Waals surface area contributed by atoms with Crippen molar-refractivity contribution in [3.63, 3.8) is 0 Å². The molecule has 2 amide bonds. The van der Waals surface area contributed by atoms with Gasteiger partial charge in [0.2, 0.25) is 0 Å². The van der Waals surface area contributed by atoms with Gasteiger partial charge in [-0.25, -0.2) is 4.79 Å². The van der Waals surface area contributed by atoms with Crippen molar-refractivity contribution in [3.8, 4) is 5.75 Å². The number of anilines is 1. The van der Waals surface area contributed by atoms with Crippen LogP contribution in [0.25, 0.3) is 0 Å². The van der Waals surface area contributed by atoms with Crippen molar-refractivity contribution in [2.75, 3.05) is 12.4 Å². The number of piperidine rings is 1. The highest BCUT2D eigenvalue weighted by Crippen LogP contribution is 2.59. The van der Waals surface area contributed by atoms with Crippen LogP contribution in [-0.4, -0.2) is 30.1 Å². The van der Waals surface area contributed by atoms with E-state index in [1.807, 2.05) is 18.2 Å². The summed E-state index contributed by atoms with van der Waals surface area (Å²) < 4.78 is 6.04. The summed E-state index contributed by atoms with van der Waals surface area (Å²) >= 11 is 3.50. The number of hydrogen-bond acceptors (Lipinski definition) is 2. The van der Waals surface area contributed by atoms with Crippen LogP contribution in [0, 0.1) is 5.41 Å². The predicted octanol–water partition coefficient (Wildman–Crippen LogP) is 4.40. The molecule has 3 fully saturated rings. The number of ether oxygens (including phenoxy) is 1. The van der Waals surface area contributed by atoms with Crippen molar-refractivity contribution in [2.45, 2.75) is 50.6 Å². The third kappa shape index (κ3) is 2.39. The summed E-state index contributed by atoms with van der Waals surface area (Å²) in [5.74, 6) is 0.776. The SMILES string of the molecule is COc1ccc(NC(=O)N2C3CCC2CC2(CC2)C3)c(Br)c1. The van der Waals surface area contributed by atoms with Gasteiger partial charge in [-0.15, -0.1) is 0 Å². The van der Waals surface area contributed by atoms with Gasteiger partial charge in [0.15, 0.2) is 0 Å². The lowest BCUT2D eigenvalue weighted by Crippen LogP contribution is -2.49. The normalized spacial score (nSPS) is 27.8. The van der Waals surface area contributed by atoms with Gasteiger partial charge < -0.3 is 15.0 Å². The number of halogens is 1. The zero-order valence-electron chi connectivity index (χ0n) is 12.8. The molecule has 0 radical (unpaired) electrons. The fourth-order valence-electron chi connectivity index (χ4n) is 4.27. The van der Waals surface area contributed by atoms with Crippen molar-refractivity contribution in [3.05, 3.63) is 22.7 Å². The van der Waals surface area contributed by atoms with E-state index in [4.69, 9.17) is 4.74 Å². The number of rotatable bonds is 2. The molecular weight excluding hydrogens is 344 g/mol. The number of carbonyl (C=O) groups is 1. The first-order valence-corrected chi connectivity index (χ1v) is 8.82. The molecule has 2 unspecified atom stereocenters. The maximum atomic E-state index is 12.7. The van der Waals surface area contributed by atoms with Crippen molar-refractivity contribution in [1.82, 2.24) is 4.90 Å². The quantitative estimate of drug-likeness (QED) is 0.844. The average Bonchev–Trinajstić information content (AvgIpc) is 3.18. The molecular formula is C17H21BrN2O2. The summed E-state index contributed by atoms with van der Waals surface area (Å²) in [4.78, 5) is 14.8. The molecule has 1 N–H and O–H groups in total. The molecule has 22 heavy (non-hydrogen) atoms. The summed E-state index contributed by atoms with van der Waals surface area (Å²) in [6.45, 7) is 0. The molecule has 1 saturated carbocycles. The Morgan fingerprint density at radius 1 is 1.32 bits per heavy atom. The van der Waals surface area contributed by atoms with Crippen LogP contribution in [0.5, 0.6) is 5.75 Å². The molecule has 3 aliphatic rings. The number of amides is 2. The van der Waals surface area contributed by atoms with Gasteiger partial charge in [0.25, 0.3) is 0 Å². The number of benzene rings is 1. The molecule has 2 heterocycles. The fraction of sp³-hybridized carbons (Fsp3) is 0.588. The molecule has 4 nitrogen and oxygen atoms in total. The largest absolute Gasteiger partial charge is 0.497 e. The second kappa shape index (κ2) is 5.15. The summed E-state index contributed by atoms with van der Waals surface area (Å²) in [7, 11) is 1.64. The Kier molecular flexibility index (Phi) is 3.36. The standard InChI is InChI=1S/C17H21BrN2O2/c1-22-13-4-5-15(14(18)8-13)19-16(21)20-11-2-3-12(20)10-17(9-11)6-7-17/h4-5,8,11-12H,2-3,6-7,9-10H2,1H3,(H,19,21). The number of nitrogens with one attached hydrogen (secondary N) is 1. The average molecular weight is 365 g/mol. The van der Waals surface area contributed by atoms with E-state index < -0.39 is 0 Å². The van der Waals surface area contributed by atoms with E-state index in [1.165, 1.54) is 38.5 Å². The molecule has 118 valence electrons. The van der Waals surface area contributed by atoms with E-state index in [-0.39, 0.29) is 6.03 Å². The van der Waals surface area contributed by atoms with Crippen LogP contribution in [0.3, 0.4) is 0 Å². The maximum absolute atomic E-state index is 12.7. The minimum atomic E-state index is 0.0499. The Hall–Kier alpha value is -1.23. The third-order valence-corrected chi connectivity index (χ3v) is 6.22. The van der Waals surface area contributed by atoms with E-state index in [0.29, 0.717) is 17.5 Å². The smallest absolute Gasteiger partial charge is 0.322 e. The van der Waals surface area contributed by atoms with Crippen molar-refractivity contribution in [2.24, 2.45) is 5.41 Å². The van der Waals surface area contributed by atoms with Gasteiger partial charge in [-0.2, -0.15) is 0 Å². The number of fused-ring (bicyclic) bond motifs is 2. The van der Waals surface area contributed by atoms with Crippen LogP contribution in [0.2, 0.25) is 0 Å². The van der Waals surface area contributed by atoms with Crippen LogP contribution in [0.1, 0.15) is 38.5 Å². The van der Waals surface area contributed by atoms with Crippen molar-refractivity contribution in [1.29, 1.82) is 0 Å². The Morgan fingerprint density at radius 2 is 2.00 bits per heavy atom. The first kappa shape index (κ1) is 14.4. The van der Waals surface area contributed by atoms with E-state index in [1.54, 1.807) is 7.11 Å². The third-order valence-electron chi connectivity index (χ3n) is 5.57. The molecule has 2 saturated heterocycles. The fourth-order valence-corrected chi connectivity index (χ4v) is 4.72. The minimum Gasteiger partial charge on any atom is -0.497 e. The molecule has 1 aromatic rings. The molecule has 2 bridgehead atoms. The zero-order chi connectivity index (χ0) is 15.3. The lowest BCUT2D eigenvalue weighted by molar-refractivity contribution is 0.123.